The number of amides is 18. The van der Waals surface area contributed by atoms with Crippen LogP contribution in [0.5, 0.6) is 0 Å². The molecule has 1 aliphatic heterocycles. The van der Waals surface area contributed by atoms with Crippen molar-refractivity contribution in [1.82, 2.24) is 95.3 Å². The van der Waals surface area contributed by atoms with Crippen LogP contribution in [0.4, 0.5) is 0 Å². The molecule has 0 bridgehead atoms. The van der Waals surface area contributed by atoms with Crippen LogP contribution >= 0.6 is 0 Å². The van der Waals surface area contributed by atoms with Crippen molar-refractivity contribution in [1.29, 1.82) is 0 Å². The van der Waals surface area contributed by atoms with Crippen LogP contribution in [0.3, 0.4) is 0 Å². The van der Waals surface area contributed by atoms with Crippen molar-refractivity contribution in [3.8, 4) is 0 Å². The highest BCUT2D eigenvalue weighted by atomic mass is 16.4. The molecule has 0 aliphatic carbocycles. The Balaban J connectivity index is 3.01. The Labute approximate surface area is 740 Å². The lowest BCUT2D eigenvalue weighted by Gasteiger charge is -2.35. The van der Waals surface area contributed by atoms with Crippen molar-refractivity contribution in [3.05, 3.63) is 0 Å². The average Bonchev–Trinajstić information content (AvgIpc) is 1.36. The van der Waals surface area contributed by atoms with Crippen molar-refractivity contribution < 1.29 is 101 Å². The summed E-state index contributed by atoms with van der Waals surface area (Å²) in [4.78, 5) is 275. The number of aliphatic imine (C=N–C) groups is 1. The minimum Gasteiger partial charge on any atom is -0.480 e. The number of carboxylic acid groups (broad SMARTS) is 1. The number of nitrogens with zero attached hydrogens (tertiary/aromatic N) is 2. The Morgan fingerprint density at radius 2 is 0.730 bits per heavy atom. The number of ketones is 1. The number of nitrogens with one attached hydrogen (secondary N) is 17. The van der Waals surface area contributed by atoms with Gasteiger partial charge < -0.3 is 112 Å². The second-order valence-electron chi connectivity index (χ2n) is 37.7. The monoisotopic (exact) mass is 1790 g/mol. The number of unbranched alkanes of at least 4 members (excludes halogenated alkanes) is 8. The lowest BCUT2D eigenvalue weighted by atomic mass is 9.96. The molecule has 42 heteroatoms. The molecule has 0 radical (unpaired) electrons. The molecule has 42 nitrogen and oxygen atoms in total. The summed E-state index contributed by atoms with van der Waals surface area (Å²) in [6.07, 6.45) is 10.7. The number of likely N-dealkylation sites (tertiary alicyclic amines) is 1. The predicted molar refractivity (Wildman–Crippen MR) is 468 cm³/mol. The highest BCUT2D eigenvalue weighted by molar-refractivity contribution is 6.06. The maximum absolute atomic E-state index is 14.2. The van der Waals surface area contributed by atoms with Gasteiger partial charge in [-0.1, -0.05) is 72.1 Å². The van der Waals surface area contributed by atoms with Crippen LogP contribution < -0.4 is 102 Å². The molecule has 0 saturated carbocycles. The largest absolute Gasteiger partial charge is 0.480 e. The fraction of sp³-hybridized carbons (Fsp3) is 0.750. The van der Waals surface area contributed by atoms with Crippen molar-refractivity contribution in [2.75, 3.05) is 19.6 Å². The van der Waals surface area contributed by atoms with Crippen LogP contribution in [0.15, 0.2) is 4.99 Å². The van der Waals surface area contributed by atoms with Gasteiger partial charge in [-0.25, -0.2) is 4.79 Å². The Bertz CT molecular complexity index is 3990. The summed E-state index contributed by atoms with van der Waals surface area (Å²) in [5.74, 6) is -18.4. The Hall–Kier alpha value is -11.1. The van der Waals surface area contributed by atoms with E-state index in [1.54, 1.807) is 20.8 Å². The van der Waals surface area contributed by atoms with Gasteiger partial charge in [0.15, 0.2) is 5.96 Å². The van der Waals surface area contributed by atoms with E-state index in [1.165, 1.54) is 190 Å². The van der Waals surface area contributed by atoms with Gasteiger partial charge in [-0.3, -0.25) is 96.1 Å². The van der Waals surface area contributed by atoms with E-state index in [0.717, 1.165) is 25.7 Å². The Morgan fingerprint density at radius 1 is 0.381 bits per heavy atom. The number of carbonyl (C=O) groups excluding carboxylic acids is 19. The van der Waals surface area contributed by atoms with E-state index in [2.05, 4.69) is 102 Å². The molecule has 0 aromatic carbocycles. The van der Waals surface area contributed by atoms with E-state index in [-0.39, 0.29) is 44.1 Å². The third-order valence-electron chi connectivity index (χ3n) is 21.2. The molecule has 18 amide bonds. The maximum atomic E-state index is 14.2. The first-order chi connectivity index (χ1) is 57.5. The van der Waals surface area contributed by atoms with Gasteiger partial charge in [-0.2, -0.15) is 0 Å². The number of guanidine groups is 1. The van der Waals surface area contributed by atoms with Gasteiger partial charge in [0.05, 0.1) is 12.5 Å². The standard InChI is InChI=1S/C84H147N21O21/c1-28-29-30-31-32-33-34-35-36-41-54(106)46(4)65(116)105-43-38-40-53(105)63(114)100-82(22,23)72(123)104-83(24,25)73(124)103-80(18,19)69(120)93-51(9)61(112)98-77(12,13)67(118)92-48(6)58(109)95-56(45(2)3)64(115)101-78(14,15)70(121)94-52(39-37-42-87-75(85)86)62(113)90-50(8)59(110)97-76(10,11)66(117)88-44-55(107)96-81(20,21)71(122)102-79(16,17)68(119)91-47(5)57(108)89-49(7)60(111)99-84(26,27)74(125)126/h45-53,56H,28-44H2,1-27H3,(H,88,117)(H,89,108)(H,90,113)(H,91,119)(H,92,118)(H,93,120)(H,94,121)(H,95,109)(H,96,107)(H,97,110)(H,98,112)(H,99,111)(H,100,114)(H,101,115)(H,102,122)(H,103,124)(H,104,123)(H,125,126)(H4,85,86,87). The van der Waals surface area contributed by atoms with E-state index >= 15 is 0 Å². The number of hydrogen-bond donors (Lipinski definition) is 20. The second-order valence-corrected chi connectivity index (χ2v) is 37.7. The van der Waals surface area contributed by atoms with Crippen molar-refractivity contribution >= 4 is 124 Å². The quantitative estimate of drug-likeness (QED) is 0.0144. The molecule has 714 valence electrons. The molecule has 1 fully saturated rings. The van der Waals surface area contributed by atoms with Gasteiger partial charge in [-0.15, -0.1) is 0 Å². The molecule has 22 N–H and O–H groups in total. The zero-order valence-corrected chi connectivity index (χ0v) is 79.0. The van der Waals surface area contributed by atoms with Crippen molar-refractivity contribution in [2.45, 2.75) is 375 Å². The summed E-state index contributed by atoms with van der Waals surface area (Å²) in [7, 11) is 0. The molecular weight excluding hydrogens is 1640 g/mol. The second kappa shape index (κ2) is 48.0. The van der Waals surface area contributed by atoms with Crippen LogP contribution in [0.25, 0.3) is 0 Å². The lowest BCUT2D eigenvalue weighted by Crippen LogP contribution is -2.67. The van der Waals surface area contributed by atoms with E-state index in [0.29, 0.717) is 19.3 Å². The number of nitrogens with two attached hydrogens (primary N) is 2. The van der Waals surface area contributed by atoms with Crippen LogP contribution in [0.2, 0.25) is 0 Å². The minimum absolute atomic E-state index is 0.0180. The maximum Gasteiger partial charge on any atom is 0.328 e. The molecule has 126 heavy (non-hydrogen) atoms. The highest BCUT2D eigenvalue weighted by Crippen LogP contribution is 2.24. The molecule has 1 saturated heterocycles. The molecule has 0 aromatic rings. The van der Waals surface area contributed by atoms with Gasteiger partial charge >= 0.3 is 5.97 Å². The van der Waals surface area contributed by atoms with Crippen LogP contribution in [-0.2, 0) is 95.9 Å². The third kappa shape index (κ3) is 36.4. The summed E-state index contributed by atoms with van der Waals surface area (Å²) in [5, 5.41) is 51.8. The molecule has 0 spiro atoms. The topological polar surface area (TPSA) is 634 Å². The molecule has 1 rings (SSSR count). The van der Waals surface area contributed by atoms with Crippen LogP contribution in [-0.4, -0.2) is 252 Å². The van der Waals surface area contributed by atoms with Crippen molar-refractivity contribution in [2.24, 2.45) is 28.3 Å². The minimum atomic E-state index is -1.85. The normalized spacial score (nSPS) is 15.3. The fourth-order valence-electron chi connectivity index (χ4n) is 12.2. The molecule has 9 unspecified atom stereocenters. The smallest absolute Gasteiger partial charge is 0.328 e. The molecule has 0 aromatic heterocycles. The zero-order chi connectivity index (χ0) is 97.7. The first-order valence-corrected chi connectivity index (χ1v) is 42.9. The third-order valence-corrected chi connectivity index (χ3v) is 21.2. The predicted octanol–water partition coefficient (Wildman–Crippen LogP) is -1.44. The van der Waals surface area contributed by atoms with Gasteiger partial charge in [-0.05, 0) is 204 Å². The Kier molecular flexibility index (Phi) is 43.0. The number of hydrogen-bond acceptors (Lipinski definition) is 21. The summed E-state index contributed by atoms with van der Waals surface area (Å²) >= 11 is 0. The van der Waals surface area contributed by atoms with Gasteiger partial charge in [0, 0.05) is 19.5 Å². The summed E-state index contributed by atoms with van der Waals surface area (Å²) in [6, 6.07) is -10.4. The number of carboxylic acids is 1. The molecule has 1 aliphatic rings. The highest BCUT2D eigenvalue weighted by Gasteiger charge is 2.47. The number of Topliss-reactive ketones (excluding diaryl/α,β-unsaturated/α-hetero) is 1. The number of aliphatic carboxylic acids is 1. The first kappa shape index (κ1) is 113. The fourth-order valence-corrected chi connectivity index (χ4v) is 12.2. The van der Waals surface area contributed by atoms with E-state index < -0.39 is 229 Å². The van der Waals surface area contributed by atoms with E-state index in [4.69, 9.17) is 11.5 Å². The van der Waals surface area contributed by atoms with Gasteiger partial charge in [0.2, 0.25) is 106 Å². The number of carbonyl (C=O) groups is 20. The van der Waals surface area contributed by atoms with E-state index in [1.807, 2.05) is 0 Å². The zero-order valence-electron chi connectivity index (χ0n) is 79.0. The summed E-state index contributed by atoms with van der Waals surface area (Å²) < 4.78 is 0. The SMILES string of the molecule is CCCCCCCCCCCC(=O)C(C)C(=O)N1CCCC1C(=O)NC(C)(C)C(=O)NC(C)(C)C(=O)NC(C)(C)C(=O)NC(C)C(=O)NC(C)(C)C(=O)NC(C)C(=O)NC(C(=O)NC(C)(C)C(=O)NC(CCCN=C(N)N)C(=O)NC(C)C(=O)NC(C)(C)C(=O)NCC(=O)NC(C)(C)C(=O)NC(C)(C)C(=O)NC(C)C(=O)NC(C)C(=O)NC(C)(C)C(=O)O)C(C)C. The molecular formula is C84H147N21O21. The van der Waals surface area contributed by atoms with Crippen LogP contribution in [0.1, 0.15) is 277 Å². The number of rotatable bonds is 52. The summed E-state index contributed by atoms with van der Waals surface area (Å²) in [6.45, 7) is 36.5. The van der Waals surface area contributed by atoms with E-state index in [9.17, 15) is 101 Å². The Morgan fingerprint density at radius 3 is 1.16 bits per heavy atom. The first-order valence-electron chi connectivity index (χ1n) is 42.9. The molecule has 1 heterocycles. The lowest BCUT2D eigenvalue weighted by molar-refractivity contribution is -0.146. The van der Waals surface area contributed by atoms with Gasteiger partial charge in [0.25, 0.3) is 0 Å². The molecule has 9 atom stereocenters. The average molecular weight is 1790 g/mol. The van der Waals surface area contributed by atoms with Crippen molar-refractivity contribution in [3.63, 3.8) is 0 Å². The van der Waals surface area contributed by atoms with Crippen LogP contribution in [0, 0.1) is 11.8 Å². The summed E-state index contributed by atoms with van der Waals surface area (Å²) in [5.41, 5.74) is -4.60. The van der Waals surface area contributed by atoms with Gasteiger partial charge in [0.1, 0.15) is 104 Å².